The molecule has 0 radical (unpaired) electrons. The summed E-state index contributed by atoms with van der Waals surface area (Å²) in [5, 5.41) is 19.1. The van der Waals surface area contributed by atoms with Gasteiger partial charge >= 0.3 is 5.97 Å². The van der Waals surface area contributed by atoms with Gasteiger partial charge in [0.1, 0.15) is 0 Å². The van der Waals surface area contributed by atoms with Gasteiger partial charge in [0.2, 0.25) is 0 Å². The lowest BCUT2D eigenvalue weighted by molar-refractivity contribution is -0.140. The van der Waals surface area contributed by atoms with E-state index >= 15 is 0 Å². The first-order valence-corrected chi connectivity index (χ1v) is 10.8. The first-order valence-electron chi connectivity index (χ1n) is 10.8. The second-order valence-electron chi connectivity index (χ2n) is 6.93. The highest BCUT2D eigenvalue weighted by molar-refractivity contribution is 5.68. The van der Waals surface area contributed by atoms with Crippen LogP contribution in [0.5, 0.6) is 0 Å². The van der Waals surface area contributed by atoms with Gasteiger partial charge in [0.05, 0.1) is 13.2 Å². The Hall–Kier alpha value is -2.45. The Labute approximate surface area is 182 Å². The molecule has 0 aromatic heterocycles. The van der Waals surface area contributed by atoms with Crippen molar-refractivity contribution in [3.8, 4) is 35.5 Å². The molecule has 0 aliphatic heterocycles. The predicted octanol–water partition coefficient (Wildman–Crippen LogP) is 4.31. The number of carbonyl (C=O) groups excluding carboxylic acids is 1. The molecule has 0 heterocycles. The van der Waals surface area contributed by atoms with Gasteiger partial charge in [-0.1, -0.05) is 75.0 Å². The molecule has 2 atom stereocenters. The maximum absolute atomic E-state index is 11.0. The van der Waals surface area contributed by atoms with Gasteiger partial charge < -0.3 is 14.9 Å². The normalized spacial score (nSPS) is 12.3. The topological polar surface area (TPSA) is 66.8 Å². The zero-order valence-electron chi connectivity index (χ0n) is 18.5. The zero-order chi connectivity index (χ0) is 22.3. The van der Waals surface area contributed by atoms with Gasteiger partial charge in [0, 0.05) is 12.8 Å². The SMILES string of the molecule is CCCC(O)CC#CC(O)C#CC#CC=CC=CCCCCCCCCC(=O)OC. The molecule has 0 rings (SSSR count). The second kappa shape index (κ2) is 21.3. The third-order valence-corrected chi connectivity index (χ3v) is 4.20. The van der Waals surface area contributed by atoms with Crippen LogP contribution in [0.2, 0.25) is 0 Å². The largest absolute Gasteiger partial charge is 0.469 e. The molecule has 0 aromatic rings. The van der Waals surface area contributed by atoms with E-state index in [9.17, 15) is 15.0 Å². The van der Waals surface area contributed by atoms with E-state index < -0.39 is 12.2 Å². The van der Waals surface area contributed by atoms with E-state index in [1.807, 2.05) is 19.1 Å². The van der Waals surface area contributed by atoms with Gasteiger partial charge in [0.15, 0.2) is 6.10 Å². The van der Waals surface area contributed by atoms with E-state index in [-0.39, 0.29) is 5.97 Å². The first-order chi connectivity index (χ1) is 14.6. The minimum absolute atomic E-state index is 0.119. The van der Waals surface area contributed by atoms with Crippen molar-refractivity contribution in [3.63, 3.8) is 0 Å². The number of ether oxygens (including phenoxy) is 1. The van der Waals surface area contributed by atoms with Gasteiger partial charge in [-0.25, -0.2) is 0 Å². The average Bonchev–Trinajstić information content (AvgIpc) is 2.73. The van der Waals surface area contributed by atoms with Crippen molar-refractivity contribution in [2.24, 2.45) is 0 Å². The number of carbonyl (C=O) groups is 1. The molecular weight excluding hydrogens is 376 g/mol. The summed E-state index contributed by atoms with van der Waals surface area (Å²) in [6, 6.07) is 0. The summed E-state index contributed by atoms with van der Waals surface area (Å²) in [6.45, 7) is 2.00. The first kappa shape index (κ1) is 27.5. The molecule has 0 amide bonds. The second-order valence-corrected chi connectivity index (χ2v) is 6.93. The summed E-state index contributed by atoms with van der Waals surface area (Å²) in [5.74, 6) is 15.7. The smallest absolute Gasteiger partial charge is 0.305 e. The maximum atomic E-state index is 11.0. The summed E-state index contributed by atoms with van der Waals surface area (Å²) < 4.78 is 4.62. The molecule has 0 aliphatic rings. The van der Waals surface area contributed by atoms with Gasteiger partial charge in [-0.2, -0.15) is 0 Å². The van der Waals surface area contributed by atoms with Crippen LogP contribution in [0.25, 0.3) is 0 Å². The van der Waals surface area contributed by atoms with Gasteiger partial charge in [0.25, 0.3) is 0 Å². The third kappa shape index (κ3) is 20.3. The quantitative estimate of drug-likeness (QED) is 0.205. The lowest BCUT2D eigenvalue weighted by Crippen LogP contribution is -2.04. The van der Waals surface area contributed by atoms with Crippen molar-refractivity contribution < 1.29 is 19.7 Å². The van der Waals surface area contributed by atoms with E-state index in [2.05, 4.69) is 46.3 Å². The van der Waals surface area contributed by atoms with Crippen LogP contribution >= 0.6 is 0 Å². The minimum Gasteiger partial charge on any atom is -0.469 e. The Morgan fingerprint density at radius 3 is 2.47 bits per heavy atom. The van der Waals surface area contributed by atoms with Crippen LogP contribution in [0.4, 0.5) is 0 Å². The molecule has 30 heavy (non-hydrogen) atoms. The predicted molar refractivity (Wildman–Crippen MR) is 122 cm³/mol. The summed E-state index contributed by atoms with van der Waals surface area (Å²) in [4.78, 5) is 11.0. The van der Waals surface area contributed by atoms with Crippen molar-refractivity contribution >= 4 is 5.97 Å². The maximum Gasteiger partial charge on any atom is 0.305 e. The molecular formula is C26H36O4. The molecule has 0 aromatic carbocycles. The molecule has 4 heteroatoms. The number of unbranched alkanes of at least 4 members (excludes halogenated alkanes) is 6. The minimum atomic E-state index is -1.04. The Morgan fingerprint density at radius 2 is 1.73 bits per heavy atom. The van der Waals surface area contributed by atoms with E-state index in [1.54, 1.807) is 6.08 Å². The standard InChI is InChI=1S/C26H36O4/c1-3-19-24(27)21-18-22-25(28)20-16-14-12-10-8-6-4-5-7-9-11-13-15-17-23-26(29)30-2/h4,6,8,10,24-25,27-28H,3,5,7,9,11,13,15,17,19,21,23H2,1-2H3. The van der Waals surface area contributed by atoms with Crippen LogP contribution in [-0.4, -0.2) is 35.5 Å². The molecule has 0 saturated heterocycles. The van der Waals surface area contributed by atoms with Crippen molar-refractivity contribution in [2.45, 2.75) is 89.8 Å². The highest BCUT2D eigenvalue weighted by atomic mass is 16.5. The van der Waals surface area contributed by atoms with Gasteiger partial charge in [-0.3, -0.25) is 4.79 Å². The van der Waals surface area contributed by atoms with Crippen molar-refractivity contribution in [3.05, 3.63) is 24.3 Å². The Balaban J connectivity index is 3.77. The number of aliphatic hydroxyl groups excluding tert-OH is 2. The number of methoxy groups -OCH3 is 1. The molecule has 0 fully saturated rings. The van der Waals surface area contributed by atoms with Gasteiger partial charge in [-0.15, -0.1) is 0 Å². The fourth-order valence-electron chi connectivity index (χ4n) is 2.55. The fourth-order valence-corrected chi connectivity index (χ4v) is 2.55. The number of allylic oxidation sites excluding steroid dienone is 4. The number of hydrogen-bond donors (Lipinski definition) is 2. The molecule has 2 N–H and O–H groups in total. The average molecular weight is 413 g/mol. The number of hydrogen-bond acceptors (Lipinski definition) is 4. The lowest BCUT2D eigenvalue weighted by atomic mass is 10.1. The van der Waals surface area contributed by atoms with Crippen LogP contribution < -0.4 is 0 Å². The van der Waals surface area contributed by atoms with Crippen LogP contribution in [0.3, 0.4) is 0 Å². The fraction of sp³-hybridized carbons (Fsp3) is 0.577. The Morgan fingerprint density at radius 1 is 1.00 bits per heavy atom. The van der Waals surface area contributed by atoms with E-state index in [0.717, 1.165) is 32.1 Å². The summed E-state index contributed by atoms with van der Waals surface area (Å²) in [7, 11) is 1.43. The lowest BCUT2D eigenvalue weighted by Gasteiger charge is -2.02. The molecule has 0 saturated carbocycles. The highest BCUT2D eigenvalue weighted by Crippen LogP contribution is 2.09. The summed E-state index contributed by atoms with van der Waals surface area (Å²) in [6.07, 6.45) is 16.5. The van der Waals surface area contributed by atoms with E-state index in [0.29, 0.717) is 19.3 Å². The van der Waals surface area contributed by atoms with Crippen LogP contribution in [0, 0.1) is 35.5 Å². The Kier molecular flexibility index (Phi) is 19.5. The molecule has 2 unspecified atom stereocenters. The zero-order valence-corrected chi connectivity index (χ0v) is 18.5. The van der Waals surface area contributed by atoms with Crippen LogP contribution in [0.1, 0.15) is 77.6 Å². The van der Waals surface area contributed by atoms with Crippen LogP contribution in [0.15, 0.2) is 24.3 Å². The summed E-state index contributed by atoms with van der Waals surface area (Å²) in [5.41, 5.74) is 0. The molecule has 4 nitrogen and oxygen atoms in total. The third-order valence-electron chi connectivity index (χ3n) is 4.20. The van der Waals surface area contributed by atoms with E-state index in [1.165, 1.54) is 26.4 Å². The number of aliphatic hydroxyl groups is 2. The van der Waals surface area contributed by atoms with Crippen molar-refractivity contribution in [1.82, 2.24) is 0 Å². The van der Waals surface area contributed by atoms with E-state index in [4.69, 9.17) is 0 Å². The molecule has 164 valence electrons. The number of rotatable bonds is 13. The highest BCUT2D eigenvalue weighted by Gasteiger charge is 1.99. The monoisotopic (exact) mass is 412 g/mol. The van der Waals surface area contributed by atoms with Crippen LogP contribution in [-0.2, 0) is 9.53 Å². The van der Waals surface area contributed by atoms with Gasteiger partial charge in [-0.05, 0) is 49.5 Å². The molecule has 0 spiro atoms. The van der Waals surface area contributed by atoms with Crippen molar-refractivity contribution in [2.75, 3.05) is 7.11 Å². The molecule has 0 aliphatic carbocycles. The summed E-state index contributed by atoms with van der Waals surface area (Å²) >= 11 is 0. The van der Waals surface area contributed by atoms with Crippen molar-refractivity contribution in [1.29, 1.82) is 0 Å². The number of esters is 1. The molecule has 0 bridgehead atoms. The Bertz CT molecular complexity index is 686.